The first-order chi connectivity index (χ1) is 20.4. The highest BCUT2D eigenvalue weighted by atomic mass is 32.2. The molecule has 0 heterocycles. The molecule has 2 N–H and O–H groups in total. The van der Waals surface area contributed by atoms with Gasteiger partial charge in [0.05, 0.1) is 0 Å². The van der Waals surface area contributed by atoms with Gasteiger partial charge >= 0.3 is 12.1 Å². The average molecular weight is 628 g/mol. The summed E-state index contributed by atoms with van der Waals surface area (Å²) in [5.41, 5.74) is 1.64. The highest BCUT2D eigenvalue weighted by Gasteiger charge is 2.37. The predicted octanol–water partition coefficient (Wildman–Crippen LogP) is 5.52. The Morgan fingerprint density at radius 1 is 0.864 bits per heavy atom. The number of rotatable bonds is 12. The zero-order chi connectivity index (χ0) is 33.2. The van der Waals surface area contributed by atoms with Gasteiger partial charge in [-0.25, -0.2) is 9.59 Å². The molecule has 0 bridgehead atoms. The summed E-state index contributed by atoms with van der Waals surface area (Å²) in [5.74, 6) is -0.976. The molecule has 3 atom stereocenters. The Morgan fingerprint density at radius 3 is 2.05 bits per heavy atom. The molecule has 9 nitrogen and oxygen atoms in total. The molecule has 2 rings (SSSR count). The van der Waals surface area contributed by atoms with Gasteiger partial charge in [0.2, 0.25) is 11.8 Å². The van der Waals surface area contributed by atoms with Crippen LogP contribution in [0.4, 0.5) is 4.79 Å². The van der Waals surface area contributed by atoms with Gasteiger partial charge in [0.15, 0.2) is 0 Å². The van der Waals surface area contributed by atoms with Gasteiger partial charge in [-0.1, -0.05) is 54.1 Å². The second-order valence-corrected chi connectivity index (χ2v) is 14.0. The van der Waals surface area contributed by atoms with Gasteiger partial charge in [-0.05, 0) is 90.5 Å². The van der Waals surface area contributed by atoms with Crippen molar-refractivity contribution in [3.05, 3.63) is 70.8 Å². The van der Waals surface area contributed by atoms with E-state index in [1.807, 2.05) is 68.6 Å². The van der Waals surface area contributed by atoms with Crippen molar-refractivity contribution in [2.75, 3.05) is 19.1 Å². The van der Waals surface area contributed by atoms with Crippen molar-refractivity contribution in [3.63, 3.8) is 0 Å². The Hall–Kier alpha value is -3.53. The van der Waals surface area contributed by atoms with Crippen molar-refractivity contribution >= 4 is 35.6 Å². The molecule has 3 amide bonds. The van der Waals surface area contributed by atoms with Crippen LogP contribution in [0.15, 0.2) is 48.5 Å². The fourth-order valence-corrected chi connectivity index (χ4v) is 5.03. The Bertz CT molecular complexity index is 1290. The minimum absolute atomic E-state index is 0.204. The fourth-order valence-electron chi connectivity index (χ4n) is 4.56. The van der Waals surface area contributed by atoms with Gasteiger partial charge in [0, 0.05) is 13.5 Å². The average Bonchev–Trinajstić information content (AvgIpc) is 2.90. The third-order valence-corrected chi connectivity index (χ3v) is 7.25. The van der Waals surface area contributed by atoms with E-state index in [0.717, 1.165) is 16.7 Å². The predicted molar refractivity (Wildman–Crippen MR) is 176 cm³/mol. The number of hydrogen-bond donors (Lipinski definition) is 2. The summed E-state index contributed by atoms with van der Waals surface area (Å²) in [7, 11) is 1.54. The lowest BCUT2D eigenvalue weighted by Gasteiger charge is -2.33. The first kappa shape index (κ1) is 36.7. The lowest BCUT2D eigenvalue weighted by molar-refractivity contribution is -0.159. The van der Waals surface area contributed by atoms with Crippen molar-refractivity contribution < 1.29 is 28.7 Å². The van der Waals surface area contributed by atoms with Crippen LogP contribution in [0, 0.1) is 13.8 Å². The summed E-state index contributed by atoms with van der Waals surface area (Å²) in [6, 6.07) is 12.0. The van der Waals surface area contributed by atoms with Gasteiger partial charge in [-0.15, -0.1) is 0 Å². The third kappa shape index (κ3) is 11.9. The lowest BCUT2D eigenvalue weighted by Crippen LogP contribution is -2.54. The van der Waals surface area contributed by atoms with E-state index in [1.54, 1.807) is 41.5 Å². The second kappa shape index (κ2) is 16.0. The summed E-state index contributed by atoms with van der Waals surface area (Å²) in [6.45, 7) is 14.3. The summed E-state index contributed by atoms with van der Waals surface area (Å²) in [6.07, 6.45) is 1.73. The standard InChI is InChI=1S/C34H49N3O6S/c1-22-16-17-23(2)25(20-22)28(37(9)30(39)26(18-19-44-10)36-32(41)43-34(6,7)8)29(38)35-27(31(40)42-33(3,4)5)21-24-14-12-11-13-15-24/h11-17,20,26-28H,18-19,21H2,1-10H3,(H,35,38)(H,36,41). The van der Waals surface area contributed by atoms with Crippen molar-refractivity contribution in [3.8, 4) is 0 Å². The van der Waals surface area contributed by atoms with Crippen LogP contribution in [-0.4, -0.2) is 71.1 Å². The highest BCUT2D eigenvalue weighted by Crippen LogP contribution is 2.27. The van der Waals surface area contributed by atoms with E-state index in [9.17, 15) is 19.2 Å². The zero-order valence-corrected chi connectivity index (χ0v) is 28.6. The number of aryl methyl sites for hydroxylation is 2. The number of hydrogen-bond acceptors (Lipinski definition) is 7. The van der Waals surface area contributed by atoms with Gasteiger partial charge in [-0.3, -0.25) is 9.59 Å². The molecule has 3 unspecified atom stereocenters. The number of amides is 3. The number of carbonyl (C=O) groups excluding carboxylic acids is 4. The summed E-state index contributed by atoms with van der Waals surface area (Å²) >= 11 is 1.54. The molecule has 10 heteroatoms. The van der Waals surface area contributed by atoms with Crippen molar-refractivity contribution in [2.45, 2.75) is 97.6 Å². The molecule has 0 saturated carbocycles. The van der Waals surface area contributed by atoms with Gasteiger partial charge in [0.1, 0.15) is 29.3 Å². The molecule has 0 aromatic heterocycles. The molecule has 44 heavy (non-hydrogen) atoms. The first-order valence-electron chi connectivity index (χ1n) is 14.8. The normalized spacial score (nSPS) is 13.7. The van der Waals surface area contributed by atoms with E-state index < -0.39 is 53.2 Å². The van der Waals surface area contributed by atoms with Crippen molar-refractivity contribution in [1.82, 2.24) is 15.5 Å². The van der Waals surface area contributed by atoms with Crippen LogP contribution in [0.5, 0.6) is 0 Å². The van der Waals surface area contributed by atoms with E-state index >= 15 is 0 Å². The minimum Gasteiger partial charge on any atom is -0.458 e. The molecule has 242 valence electrons. The maximum atomic E-state index is 14.2. The van der Waals surface area contributed by atoms with Crippen LogP contribution in [0.3, 0.4) is 0 Å². The van der Waals surface area contributed by atoms with Crippen molar-refractivity contribution in [1.29, 1.82) is 0 Å². The maximum absolute atomic E-state index is 14.2. The number of benzene rings is 2. The van der Waals surface area contributed by atoms with E-state index in [2.05, 4.69) is 10.6 Å². The number of carbonyl (C=O) groups is 4. The Kier molecular flexibility index (Phi) is 13.3. The first-order valence-corrected chi connectivity index (χ1v) is 16.2. The SMILES string of the molecule is CSCCC(NC(=O)OC(C)(C)C)C(=O)N(C)C(C(=O)NC(Cc1ccccc1)C(=O)OC(C)(C)C)c1cc(C)ccc1C. The molecular formula is C34H49N3O6S. The maximum Gasteiger partial charge on any atom is 0.408 e. The summed E-state index contributed by atoms with van der Waals surface area (Å²) in [5, 5.41) is 5.61. The van der Waals surface area contributed by atoms with Crippen LogP contribution < -0.4 is 10.6 Å². The monoisotopic (exact) mass is 627 g/mol. The number of nitrogens with zero attached hydrogens (tertiary/aromatic N) is 1. The van der Waals surface area contributed by atoms with Crippen LogP contribution in [0.25, 0.3) is 0 Å². The molecule has 0 aliphatic carbocycles. The van der Waals surface area contributed by atoms with Crippen LogP contribution in [-0.2, 0) is 30.3 Å². The number of alkyl carbamates (subject to hydrolysis) is 1. The lowest BCUT2D eigenvalue weighted by atomic mass is 9.96. The smallest absolute Gasteiger partial charge is 0.408 e. The topological polar surface area (TPSA) is 114 Å². The highest BCUT2D eigenvalue weighted by molar-refractivity contribution is 7.98. The van der Waals surface area contributed by atoms with Crippen LogP contribution in [0.1, 0.15) is 76.3 Å². The van der Waals surface area contributed by atoms with E-state index in [4.69, 9.17) is 9.47 Å². The van der Waals surface area contributed by atoms with Crippen molar-refractivity contribution in [2.24, 2.45) is 0 Å². The number of ether oxygens (including phenoxy) is 2. The van der Waals surface area contributed by atoms with Gasteiger partial charge in [0.25, 0.3) is 0 Å². The van der Waals surface area contributed by atoms with E-state index in [1.165, 1.54) is 23.7 Å². The quantitative estimate of drug-likeness (QED) is 0.298. The van der Waals surface area contributed by atoms with Gasteiger partial charge < -0.3 is 25.0 Å². The second-order valence-electron chi connectivity index (χ2n) is 13.0. The number of nitrogens with one attached hydrogen (secondary N) is 2. The van der Waals surface area contributed by atoms with Crippen LogP contribution >= 0.6 is 11.8 Å². The number of esters is 1. The summed E-state index contributed by atoms with van der Waals surface area (Å²) in [4.78, 5) is 55.7. The molecule has 0 aliphatic heterocycles. The largest absolute Gasteiger partial charge is 0.458 e. The minimum atomic E-state index is -1.10. The Balaban J connectivity index is 2.51. The number of likely N-dealkylation sites (N-methyl/N-ethyl adjacent to an activating group) is 1. The molecule has 0 fully saturated rings. The third-order valence-electron chi connectivity index (χ3n) is 6.60. The van der Waals surface area contributed by atoms with Gasteiger partial charge in [-0.2, -0.15) is 11.8 Å². The zero-order valence-electron chi connectivity index (χ0n) is 27.8. The molecular weight excluding hydrogens is 578 g/mol. The Labute approximate surface area is 266 Å². The van der Waals surface area contributed by atoms with E-state index in [-0.39, 0.29) is 6.42 Å². The fraction of sp³-hybridized carbons (Fsp3) is 0.529. The van der Waals surface area contributed by atoms with Crippen LogP contribution in [0.2, 0.25) is 0 Å². The molecule has 0 spiro atoms. The Morgan fingerprint density at radius 2 is 1.48 bits per heavy atom. The molecule has 0 aliphatic rings. The number of thioether (sulfide) groups is 1. The molecule has 2 aromatic rings. The molecule has 0 saturated heterocycles. The molecule has 0 radical (unpaired) electrons. The summed E-state index contributed by atoms with van der Waals surface area (Å²) < 4.78 is 11.1. The van der Waals surface area contributed by atoms with E-state index in [0.29, 0.717) is 17.7 Å². The molecule has 2 aromatic carbocycles.